The van der Waals surface area contributed by atoms with Crippen LogP contribution in [-0.2, 0) is 9.59 Å². The van der Waals surface area contributed by atoms with Gasteiger partial charge in [-0.05, 0) is 61.4 Å². The average Bonchev–Trinajstić information content (AvgIpc) is 2.77. The summed E-state index contributed by atoms with van der Waals surface area (Å²) in [6.45, 7) is 11.2. The molecule has 2 rings (SSSR count). The third-order valence-corrected chi connectivity index (χ3v) is 5.10. The zero-order chi connectivity index (χ0) is 26.8. The molecule has 0 aliphatic carbocycles. The van der Waals surface area contributed by atoms with Crippen molar-refractivity contribution < 1.29 is 19.5 Å². The molecular weight excluding hydrogens is 444 g/mol. The van der Waals surface area contributed by atoms with E-state index < -0.39 is 23.6 Å². The van der Waals surface area contributed by atoms with Crippen LogP contribution in [-0.4, -0.2) is 40.5 Å². The number of aliphatic carboxylic acids is 1. The maximum Gasteiger partial charge on any atom is 0.326 e. The number of carboxylic acids is 1. The number of nitrogens with two attached hydrogens (primary N) is 1. The zero-order valence-electron chi connectivity index (χ0n) is 21.5. The Balaban J connectivity index is 0.000000383. The van der Waals surface area contributed by atoms with Crippen molar-refractivity contribution in [2.75, 3.05) is 0 Å². The molecule has 0 spiro atoms. The lowest BCUT2D eigenvalue weighted by Crippen LogP contribution is -2.50. The SMILES string of the molecule is CC(C)CC(N)C(=O)NC(C)(C)C#N.CC(C)C[C@H](NC(=O)c1ccc2ccccc2c1)C(=O)O. The van der Waals surface area contributed by atoms with Gasteiger partial charge in [0.05, 0.1) is 12.1 Å². The Bertz CT molecular complexity index is 1060. The summed E-state index contributed by atoms with van der Waals surface area (Å²) in [4.78, 5) is 34.9. The Morgan fingerprint density at radius 1 is 1.00 bits per heavy atom. The summed E-state index contributed by atoms with van der Waals surface area (Å²) in [7, 11) is 0. The van der Waals surface area contributed by atoms with Gasteiger partial charge in [0.2, 0.25) is 5.91 Å². The van der Waals surface area contributed by atoms with E-state index in [1.807, 2.05) is 64.1 Å². The Morgan fingerprint density at radius 3 is 2.09 bits per heavy atom. The molecule has 0 heterocycles. The van der Waals surface area contributed by atoms with Gasteiger partial charge in [0.25, 0.3) is 5.91 Å². The summed E-state index contributed by atoms with van der Waals surface area (Å²) in [6.07, 6.45) is 1.04. The topological polar surface area (TPSA) is 145 Å². The zero-order valence-corrected chi connectivity index (χ0v) is 21.5. The molecule has 2 aromatic rings. The molecule has 0 aliphatic heterocycles. The minimum atomic E-state index is -1.00. The largest absolute Gasteiger partial charge is 0.480 e. The van der Waals surface area contributed by atoms with E-state index >= 15 is 0 Å². The number of nitrogens with one attached hydrogen (secondary N) is 2. The smallest absolute Gasteiger partial charge is 0.326 e. The van der Waals surface area contributed by atoms with Gasteiger partial charge in [-0.1, -0.05) is 58.0 Å². The molecular formula is C27H38N4O4. The van der Waals surface area contributed by atoms with E-state index in [-0.39, 0.29) is 17.7 Å². The first kappa shape index (κ1) is 29.6. The third kappa shape index (κ3) is 10.6. The molecule has 8 nitrogen and oxygen atoms in total. The lowest BCUT2D eigenvalue weighted by Gasteiger charge is -2.21. The van der Waals surface area contributed by atoms with Gasteiger partial charge in [-0.2, -0.15) is 5.26 Å². The van der Waals surface area contributed by atoms with Crippen molar-refractivity contribution in [3.63, 3.8) is 0 Å². The predicted molar refractivity (Wildman–Crippen MR) is 138 cm³/mol. The number of benzene rings is 2. The summed E-state index contributed by atoms with van der Waals surface area (Å²) in [6, 6.07) is 13.7. The fourth-order valence-electron chi connectivity index (χ4n) is 3.31. The van der Waals surface area contributed by atoms with E-state index in [0.717, 1.165) is 10.8 Å². The summed E-state index contributed by atoms with van der Waals surface area (Å²) in [5.74, 6) is -1.04. The quantitative estimate of drug-likeness (QED) is 0.427. The lowest BCUT2D eigenvalue weighted by atomic mass is 10.0. The minimum absolute atomic E-state index is 0.197. The number of amides is 2. The van der Waals surface area contributed by atoms with Crippen LogP contribution in [0, 0.1) is 23.2 Å². The Morgan fingerprint density at radius 2 is 1.57 bits per heavy atom. The highest BCUT2D eigenvalue weighted by Gasteiger charge is 2.24. The van der Waals surface area contributed by atoms with Crippen LogP contribution < -0.4 is 16.4 Å². The molecule has 2 aromatic carbocycles. The van der Waals surface area contributed by atoms with Gasteiger partial charge in [-0.3, -0.25) is 9.59 Å². The fourth-order valence-corrected chi connectivity index (χ4v) is 3.31. The number of rotatable bonds is 9. The van der Waals surface area contributed by atoms with Crippen LogP contribution in [0.15, 0.2) is 42.5 Å². The first-order valence-corrected chi connectivity index (χ1v) is 11.8. The number of nitriles is 1. The standard InChI is InChI=1S/C17H19NO3.C10H19N3O/c1-11(2)9-15(17(20)21)18-16(19)14-8-7-12-5-3-4-6-13(12)10-14;1-7(2)5-8(12)9(14)13-10(3,4)6-11/h3-8,10-11,15H,9H2,1-2H3,(H,18,19)(H,20,21);7-8H,5,12H2,1-4H3,(H,13,14)/t15-;/m0./s1. The van der Waals surface area contributed by atoms with Crippen LogP contribution in [0.3, 0.4) is 0 Å². The molecule has 5 N–H and O–H groups in total. The van der Waals surface area contributed by atoms with E-state index in [2.05, 4.69) is 10.6 Å². The molecule has 0 fully saturated rings. The van der Waals surface area contributed by atoms with Crippen LogP contribution in [0.25, 0.3) is 10.8 Å². The van der Waals surface area contributed by atoms with Crippen molar-refractivity contribution in [3.05, 3.63) is 48.0 Å². The maximum absolute atomic E-state index is 12.2. The third-order valence-electron chi connectivity index (χ3n) is 5.10. The Labute approximate surface area is 207 Å². The predicted octanol–water partition coefficient (Wildman–Crippen LogP) is 3.85. The Hall–Kier alpha value is -3.44. The van der Waals surface area contributed by atoms with Crippen LogP contribution in [0.1, 0.15) is 64.7 Å². The van der Waals surface area contributed by atoms with E-state index in [4.69, 9.17) is 11.0 Å². The molecule has 0 radical (unpaired) electrons. The van der Waals surface area contributed by atoms with E-state index in [0.29, 0.717) is 24.3 Å². The number of hydrogen-bond donors (Lipinski definition) is 4. The van der Waals surface area contributed by atoms with Crippen molar-refractivity contribution in [2.45, 2.75) is 72.0 Å². The van der Waals surface area contributed by atoms with E-state index in [1.165, 1.54) is 0 Å². The van der Waals surface area contributed by atoms with Crippen molar-refractivity contribution in [2.24, 2.45) is 17.6 Å². The summed E-state index contributed by atoms with van der Waals surface area (Å²) in [5, 5.41) is 25.1. The molecule has 8 heteroatoms. The molecule has 35 heavy (non-hydrogen) atoms. The summed E-state index contributed by atoms with van der Waals surface area (Å²) in [5.41, 5.74) is 5.29. The van der Waals surface area contributed by atoms with Gasteiger partial charge in [-0.25, -0.2) is 4.79 Å². The first-order valence-electron chi connectivity index (χ1n) is 11.8. The van der Waals surface area contributed by atoms with Crippen molar-refractivity contribution in [1.82, 2.24) is 10.6 Å². The number of carbonyl (C=O) groups excluding carboxylic acids is 2. The second-order valence-electron chi connectivity index (χ2n) is 10.0. The highest BCUT2D eigenvalue weighted by atomic mass is 16.4. The molecule has 0 saturated carbocycles. The molecule has 0 aromatic heterocycles. The van der Waals surface area contributed by atoms with Crippen molar-refractivity contribution >= 4 is 28.6 Å². The number of carbonyl (C=O) groups is 3. The highest BCUT2D eigenvalue weighted by Crippen LogP contribution is 2.16. The molecule has 0 aliphatic rings. The number of fused-ring (bicyclic) bond motifs is 1. The van der Waals surface area contributed by atoms with E-state index in [9.17, 15) is 19.5 Å². The molecule has 2 atom stereocenters. The molecule has 1 unspecified atom stereocenters. The second-order valence-corrected chi connectivity index (χ2v) is 10.0. The summed E-state index contributed by atoms with van der Waals surface area (Å²) < 4.78 is 0. The average molecular weight is 483 g/mol. The Kier molecular flexibility index (Phi) is 11.4. The summed E-state index contributed by atoms with van der Waals surface area (Å²) >= 11 is 0. The van der Waals surface area contributed by atoms with Crippen LogP contribution in [0.2, 0.25) is 0 Å². The van der Waals surface area contributed by atoms with Crippen LogP contribution in [0.5, 0.6) is 0 Å². The van der Waals surface area contributed by atoms with Gasteiger partial charge >= 0.3 is 5.97 Å². The minimum Gasteiger partial charge on any atom is -0.480 e. The first-order chi connectivity index (χ1) is 16.3. The van der Waals surface area contributed by atoms with Crippen LogP contribution in [0.4, 0.5) is 0 Å². The van der Waals surface area contributed by atoms with E-state index in [1.54, 1.807) is 26.0 Å². The number of carboxylic acid groups (broad SMARTS) is 1. The van der Waals surface area contributed by atoms with Gasteiger partial charge in [0.15, 0.2) is 0 Å². The van der Waals surface area contributed by atoms with Gasteiger partial charge in [-0.15, -0.1) is 0 Å². The maximum atomic E-state index is 12.2. The van der Waals surface area contributed by atoms with Gasteiger partial charge in [0, 0.05) is 5.56 Å². The fraction of sp³-hybridized carbons (Fsp3) is 0.481. The monoisotopic (exact) mass is 482 g/mol. The van der Waals surface area contributed by atoms with Crippen molar-refractivity contribution in [3.8, 4) is 6.07 Å². The second kappa shape index (κ2) is 13.4. The normalized spacial score (nSPS) is 12.8. The highest BCUT2D eigenvalue weighted by molar-refractivity contribution is 6.00. The lowest BCUT2D eigenvalue weighted by molar-refractivity contribution is -0.139. The van der Waals surface area contributed by atoms with Gasteiger partial charge in [0.1, 0.15) is 11.6 Å². The molecule has 190 valence electrons. The number of nitrogens with zero attached hydrogens (tertiary/aromatic N) is 1. The van der Waals surface area contributed by atoms with Crippen molar-refractivity contribution in [1.29, 1.82) is 5.26 Å². The molecule has 0 saturated heterocycles. The van der Waals surface area contributed by atoms with Gasteiger partial charge < -0.3 is 21.5 Å². The van der Waals surface area contributed by atoms with Crippen LogP contribution >= 0.6 is 0 Å². The molecule has 0 bridgehead atoms. The molecule has 2 amide bonds. The number of hydrogen-bond acceptors (Lipinski definition) is 5.